The molecule has 2 heterocycles. The fraction of sp³-hybridized carbons (Fsp3) is 0.579. The lowest BCUT2D eigenvalue weighted by molar-refractivity contribution is 0.0551. The van der Waals surface area contributed by atoms with Crippen molar-refractivity contribution in [3.05, 3.63) is 29.6 Å². The van der Waals surface area contributed by atoms with Gasteiger partial charge in [0.1, 0.15) is 12.4 Å². The summed E-state index contributed by atoms with van der Waals surface area (Å²) in [6.45, 7) is 2.10. The average Bonchev–Trinajstić information content (AvgIpc) is 3.04. The number of aromatic nitrogens is 2. The highest BCUT2D eigenvalue weighted by atomic mass is 16.5. The number of rotatable bonds is 4. The first kappa shape index (κ1) is 16.5. The van der Waals surface area contributed by atoms with Crippen LogP contribution in [0.15, 0.2) is 18.2 Å². The SMILES string of the molecule is COC(=O)c1ccc2c(c1)nc1n2C(CNC2CCCCC2)COC1. The Kier molecular flexibility index (Phi) is 4.72. The molecule has 25 heavy (non-hydrogen) atoms. The number of imidazole rings is 1. The van der Waals surface area contributed by atoms with Gasteiger partial charge in [-0.25, -0.2) is 9.78 Å². The Morgan fingerprint density at radius 3 is 3.00 bits per heavy atom. The van der Waals surface area contributed by atoms with E-state index >= 15 is 0 Å². The maximum Gasteiger partial charge on any atom is 0.337 e. The molecule has 4 rings (SSSR count). The molecular weight excluding hydrogens is 318 g/mol. The quantitative estimate of drug-likeness (QED) is 0.865. The van der Waals surface area contributed by atoms with E-state index in [1.165, 1.54) is 39.2 Å². The second-order valence-electron chi connectivity index (χ2n) is 7.01. The number of hydrogen-bond donors (Lipinski definition) is 1. The number of methoxy groups -OCH3 is 1. The minimum Gasteiger partial charge on any atom is -0.465 e. The first-order chi connectivity index (χ1) is 12.3. The van der Waals surface area contributed by atoms with Crippen LogP contribution < -0.4 is 5.32 Å². The summed E-state index contributed by atoms with van der Waals surface area (Å²) < 4.78 is 12.8. The van der Waals surface area contributed by atoms with E-state index in [0.717, 1.165) is 23.4 Å². The summed E-state index contributed by atoms with van der Waals surface area (Å²) in [5, 5.41) is 3.72. The fourth-order valence-electron chi connectivity index (χ4n) is 4.02. The zero-order valence-corrected chi connectivity index (χ0v) is 14.7. The van der Waals surface area contributed by atoms with Crippen LogP contribution in [0, 0.1) is 0 Å². The van der Waals surface area contributed by atoms with Crippen LogP contribution in [0.4, 0.5) is 0 Å². The van der Waals surface area contributed by atoms with Gasteiger partial charge in [-0.3, -0.25) is 0 Å². The number of fused-ring (bicyclic) bond motifs is 3. The van der Waals surface area contributed by atoms with Crippen molar-refractivity contribution in [3.63, 3.8) is 0 Å². The molecule has 1 aliphatic heterocycles. The van der Waals surface area contributed by atoms with Gasteiger partial charge in [-0.2, -0.15) is 0 Å². The van der Waals surface area contributed by atoms with E-state index in [2.05, 4.69) is 14.9 Å². The van der Waals surface area contributed by atoms with Gasteiger partial charge in [0.2, 0.25) is 0 Å². The van der Waals surface area contributed by atoms with Crippen LogP contribution in [0.25, 0.3) is 11.0 Å². The topological polar surface area (TPSA) is 65.4 Å². The summed E-state index contributed by atoms with van der Waals surface area (Å²) in [6, 6.07) is 6.44. The molecule has 2 aliphatic rings. The van der Waals surface area contributed by atoms with Crippen molar-refractivity contribution < 1.29 is 14.3 Å². The number of hydrogen-bond acceptors (Lipinski definition) is 5. The molecule has 0 radical (unpaired) electrons. The fourth-order valence-corrected chi connectivity index (χ4v) is 4.02. The van der Waals surface area contributed by atoms with Crippen molar-refractivity contribution in [1.29, 1.82) is 0 Å². The van der Waals surface area contributed by atoms with Crippen molar-refractivity contribution in [2.75, 3.05) is 20.3 Å². The van der Waals surface area contributed by atoms with E-state index in [-0.39, 0.29) is 12.0 Å². The number of benzene rings is 1. The van der Waals surface area contributed by atoms with E-state index in [9.17, 15) is 4.79 Å². The van der Waals surface area contributed by atoms with E-state index in [0.29, 0.717) is 24.8 Å². The van der Waals surface area contributed by atoms with E-state index in [4.69, 9.17) is 9.47 Å². The molecule has 1 fully saturated rings. The maximum atomic E-state index is 11.8. The summed E-state index contributed by atoms with van der Waals surface area (Å²) in [5.74, 6) is 0.596. The zero-order valence-electron chi connectivity index (χ0n) is 14.7. The van der Waals surface area contributed by atoms with Gasteiger partial charge in [-0.05, 0) is 31.0 Å². The van der Waals surface area contributed by atoms with Gasteiger partial charge >= 0.3 is 5.97 Å². The Balaban J connectivity index is 1.58. The molecule has 1 unspecified atom stereocenters. The molecule has 1 saturated carbocycles. The van der Waals surface area contributed by atoms with E-state index < -0.39 is 0 Å². The molecule has 2 aromatic rings. The molecule has 0 amide bonds. The lowest BCUT2D eigenvalue weighted by atomic mass is 9.95. The number of carbonyl (C=O) groups is 1. The summed E-state index contributed by atoms with van der Waals surface area (Å²) in [5.41, 5.74) is 2.41. The molecule has 1 aromatic heterocycles. The average molecular weight is 343 g/mol. The van der Waals surface area contributed by atoms with Gasteiger partial charge < -0.3 is 19.4 Å². The lowest BCUT2D eigenvalue weighted by Gasteiger charge is -2.30. The normalized spacial score (nSPS) is 21.2. The van der Waals surface area contributed by atoms with Crippen LogP contribution in [0.5, 0.6) is 0 Å². The van der Waals surface area contributed by atoms with Gasteiger partial charge in [0.05, 0.1) is 36.4 Å². The third-order valence-corrected chi connectivity index (χ3v) is 5.34. The van der Waals surface area contributed by atoms with Gasteiger partial charge in [0.15, 0.2) is 0 Å². The van der Waals surface area contributed by atoms with Crippen molar-refractivity contribution in [1.82, 2.24) is 14.9 Å². The number of nitrogens with zero attached hydrogens (tertiary/aromatic N) is 2. The van der Waals surface area contributed by atoms with Gasteiger partial charge in [-0.15, -0.1) is 0 Å². The standard InChI is InChI=1S/C19H25N3O3/c1-24-19(23)13-7-8-17-16(9-13)21-18-12-25-11-15(22(17)18)10-20-14-5-3-2-4-6-14/h7-9,14-15,20H,2-6,10-12H2,1H3. The molecule has 6 heteroatoms. The van der Waals surface area contributed by atoms with Crippen molar-refractivity contribution in [2.24, 2.45) is 0 Å². The molecule has 0 bridgehead atoms. The van der Waals surface area contributed by atoms with Crippen molar-refractivity contribution >= 4 is 17.0 Å². The van der Waals surface area contributed by atoms with Crippen LogP contribution in [0.2, 0.25) is 0 Å². The minimum absolute atomic E-state index is 0.236. The lowest BCUT2D eigenvalue weighted by Crippen LogP contribution is -2.38. The molecule has 1 N–H and O–H groups in total. The first-order valence-corrected chi connectivity index (χ1v) is 9.16. The predicted molar refractivity (Wildman–Crippen MR) is 94.6 cm³/mol. The third kappa shape index (κ3) is 3.28. The van der Waals surface area contributed by atoms with Crippen LogP contribution in [0.1, 0.15) is 54.3 Å². The minimum atomic E-state index is -0.334. The molecule has 6 nitrogen and oxygen atoms in total. The molecule has 1 atom stereocenters. The Morgan fingerprint density at radius 2 is 2.20 bits per heavy atom. The maximum absolute atomic E-state index is 11.8. The van der Waals surface area contributed by atoms with Crippen LogP contribution >= 0.6 is 0 Å². The number of ether oxygens (including phenoxy) is 2. The van der Waals surface area contributed by atoms with Gasteiger partial charge in [0, 0.05) is 12.6 Å². The van der Waals surface area contributed by atoms with E-state index in [1.54, 1.807) is 6.07 Å². The highest BCUT2D eigenvalue weighted by molar-refractivity contribution is 5.93. The largest absolute Gasteiger partial charge is 0.465 e. The Hall–Kier alpha value is -1.92. The third-order valence-electron chi connectivity index (χ3n) is 5.34. The van der Waals surface area contributed by atoms with Gasteiger partial charge in [0.25, 0.3) is 0 Å². The molecule has 134 valence electrons. The summed E-state index contributed by atoms with van der Waals surface area (Å²) in [4.78, 5) is 16.4. The monoisotopic (exact) mass is 343 g/mol. The summed E-state index contributed by atoms with van der Waals surface area (Å²) >= 11 is 0. The number of nitrogens with one attached hydrogen (secondary N) is 1. The van der Waals surface area contributed by atoms with Gasteiger partial charge in [-0.1, -0.05) is 19.3 Å². The molecular formula is C19H25N3O3. The molecule has 1 aromatic carbocycles. The Morgan fingerprint density at radius 1 is 1.36 bits per heavy atom. The highest BCUT2D eigenvalue weighted by Gasteiger charge is 2.25. The summed E-state index contributed by atoms with van der Waals surface area (Å²) in [7, 11) is 1.39. The Labute approximate surface area is 147 Å². The zero-order chi connectivity index (χ0) is 17.2. The number of carbonyl (C=O) groups excluding carboxylic acids is 1. The molecule has 1 aliphatic carbocycles. The van der Waals surface area contributed by atoms with Crippen LogP contribution in [0.3, 0.4) is 0 Å². The van der Waals surface area contributed by atoms with Crippen molar-refractivity contribution in [2.45, 2.75) is 50.8 Å². The van der Waals surface area contributed by atoms with E-state index in [1.807, 2.05) is 12.1 Å². The molecule has 0 spiro atoms. The van der Waals surface area contributed by atoms with Crippen LogP contribution in [-0.4, -0.2) is 41.8 Å². The second kappa shape index (κ2) is 7.14. The molecule has 0 saturated heterocycles. The smallest absolute Gasteiger partial charge is 0.337 e. The highest BCUT2D eigenvalue weighted by Crippen LogP contribution is 2.27. The van der Waals surface area contributed by atoms with Crippen molar-refractivity contribution in [3.8, 4) is 0 Å². The first-order valence-electron chi connectivity index (χ1n) is 9.16. The summed E-state index contributed by atoms with van der Waals surface area (Å²) in [6.07, 6.45) is 6.56. The predicted octanol–water partition coefficient (Wildman–Crippen LogP) is 2.82. The van der Waals surface area contributed by atoms with Crippen LogP contribution in [-0.2, 0) is 16.1 Å². The second-order valence-corrected chi connectivity index (χ2v) is 7.01. The number of esters is 1. The Bertz CT molecular complexity index is 765.